The molecule has 2 nitrogen and oxygen atoms in total. The number of hydrogen-bond donors (Lipinski definition) is 2. The van der Waals surface area contributed by atoms with Crippen LogP contribution in [-0.4, -0.2) is 24.3 Å². The Morgan fingerprint density at radius 3 is 2.56 bits per heavy atom. The van der Waals surface area contributed by atoms with Gasteiger partial charge in [-0.25, -0.2) is 0 Å². The predicted octanol–water partition coefficient (Wildman–Crippen LogP) is 2.37. The van der Waals surface area contributed by atoms with Gasteiger partial charge < -0.3 is 10.4 Å². The van der Waals surface area contributed by atoms with Gasteiger partial charge in [0.1, 0.15) is 0 Å². The Bertz CT molecular complexity index is 257. The fraction of sp³-hybridized carbons (Fsp3) is 0.571. The lowest BCUT2D eigenvalue weighted by Gasteiger charge is -2.13. The molecule has 0 saturated carbocycles. The predicted molar refractivity (Wildman–Crippen MR) is 68.5 cm³/mol. The molecule has 1 atom stereocenters. The minimum atomic E-state index is 0.245. The lowest BCUT2D eigenvalue weighted by atomic mass is 10.1. The Kier molecular flexibility index (Phi) is 6.86. The lowest BCUT2D eigenvalue weighted by molar-refractivity contribution is 0.239. The third kappa shape index (κ3) is 5.29. The molecule has 0 fully saturated rings. The molecule has 0 amide bonds. The maximum atomic E-state index is 9.00. The summed E-state index contributed by atoms with van der Waals surface area (Å²) in [6.07, 6.45) is 4.53. The fourth-order valence-corrected chi connectivity index (χ4v) is 1.74. The molecule has 1 unspecified atom stereocenters. The van der Waals surface area contributed by atoms with Crippen LogP contribution in [0.1, 0.15) is 31.7 Å². The SMILES string of the molecule is CCC(CO)NCCCCc1ccccc1. The summed E-state index contributed by atoms with van der Waals surface area (Å²) in [7, 11) is 0. The molecular formula is C14H23NO. The molecular weight excluding hydrogens is 198 g/mol. The van der Waals surface area contributed by atoms with Crippen LogP contribution in [0.15, 0.2) is 30.3 Å². The van der Waals surface area contributed by atoms with E-state index >= 15 is 0 Å². The second-order valence-corrected chi connectivity index (χ2v) is 4.18. The molecule has 16 heavy (non-hydrogen) atoms. The van der Waals surface area contributed by atoms with E-state index in [1.807, 2.05) is 0 Å². The first kappa shape index (κ1) is 13.2. The van der Waals surface area contributed by atoms with Crippen LogP contribution in [0.3, 0.4) is 0 Å². The van der Waals surface area contributed by atoms with Gasteiger partial charge in [-0.3, -0.25) is 0 Å². The molecule has 0 spiro atoms. The van der Waals surface area contributed by atoms with Crippen molar-refractivity contribution in [3.8, 4) is 0 Å². The fourth-order valence-electron chi connectivity index (χ4n) is 1.74. The lowest BCUT2D eigenvalue weighted by Crippen LogP contribution is -2.32. The standard InChI is InChI=1S/C14H23NO/c1-2-14(12-16)15-11-7-6-10-13-8-4-3-5-9-13/h3-5,8-9,14-16H,2,6-7,10-12H2,1H3. The Morgan fingerprint density at radius 1 is 1.19 bits per heavy atom. The monoisotopic (exact) mass is 221 g/mol. The first-order chi connectivity index (χ1) is 7.86. The molecule has 1 aromatic rings. The molecule has 0 aliphatic carbocycles. The number of aliphatic hydroxyl groups is 1. The average molecular weight is 221 g/mol. The van der Waals surface area contributed by atoms with Gasteiger partial charge in [-0.2, -0.15) is 0 Å². The van der Waals surface area contributed by atoms with Crippen molar-refractivity contribution >= 4 is 0 Å². The van der Waals surface area contributed by atoms with E-state index in [4.69, 9.17) is 5.11 Å². The van der Waals surface area contributed by atoms with Gasteiger partial charge in [0, 0.05) is 6.04 Å². The first-order valence-corrected chi connectivity index (χ1v) is 6.25. The third-order valence-electron chi connectivity index (χ3n) is 2.88. The number of unbranched alkanes of at least 4 members (excludes halogenated alkanes) is 1. The second kappa shape index (κ2) is 8.31. The number of aliphatic hydroxyl groups excluding tert-OH is 1. The van der Waals surface area contributed by atoms with Crippen LogP contribution < -0.4 is 5.32 Å². The van der Waals surface area contributed by atoms with Gasteiger partial charge in [-0.05, 0) is 37.8 Å². The molecule has 0 aliphatic heterocycles. The smallest absolute Gasteiger partial charge is 0.0584 e. The zero-order valence-electron chi connectivity index (χ0n) is 10.2. The van der Waals surface area contributed by atoms with Crippen LogP contribution in [0.4, 0.5) is 0 Å². The van der Waals surface area contributed by atoms with E-state index in [0.29, 0.717) is 0 Å². The van der Waals surface area contributed by atoms with Crippen LogP contribution in [0.2, 0.25) is 0 Å². The summed E-state index contributed by atoms with van der Waals surface area (Å²) >= 11 is 0. The van der Waals surface area contributed by atoms with E-state index in [0.717, 1.165) is 19.4 Å². The van der Waals surface area contributed by atoms with Crippen LogP contribution in [0, 0.1) is 0 Å². The Hall–Kier alpha value is -0.860. The average Bonchev–Trinajstić information content (AvgIpc) is 2.35. The molecule has 2 N–H and O–H groups in total. The van der Waals surface area contributed by atoms with Gasteiger partial charge in [-0.1, -0.05) is 37.3 Å². The molecule has 0 heterocycles. The highest BCUT2D eigenvalue weighted by Gasteiger charge is 2.01. The van der Waals surface area contributed by atoms with Crippen molar-refractivity contribution in [1.29, 1.82) is 0 Å². The van der Waals surface area contributed by atoms with E-state index < -0.39 is 0 Å². The van der Waals surface area contributed by atoms with Crippen molar-refractivity contribution in [2.45, 2.75) is 38.6 Å². The van der Waals surface area contributed by atoms with E-state index in [-0.39, 0.29) is 12.6 Å². The van der Waals surface area contributed by atoms with E-state index in [9.17, 15) is 0 Å². The minimum Gasteiger partial charge on any atom is -0.395 e. The summed E-state index contributed by atoms with van der Waals surface area (Å²) in [5.41, 5.74) is 1.41. The van der Waals surface area contributed by atoms with Crippen molar-refractivity contribution in [2.24, 2.45) is 0 Å². The Morgan fingerprint density at radius 2 is 1.94 bits per heavy atom. The van der Waals surface area contributed by atoms with Crippen molar-refractivity contribution in [3.63, 3.8) is 0 Å². The molecule has 0 bridgehead atoms. The maximum Gasteiger partial charge on any atom is 0.0584 e. The number of rotatable bonds is 8. The molecule has 1 aromatic carbocycles. The summed E-state index contributed by atoms with van der Waals surface area (Å²) in [5, 5.41) is 12.4. The summed E-state index contributed by atoms with van der Waals surface area (Å²) < 4.78 is 0. The van der Waals surface area contributed by atoms with Crippen molar-refractivity contribution in [2.75, 3.05) is 13.2 Å². The van der Waals surface area contributed by atoms with Crippen molar-refractivity contribution < 1.29 is 5.11 Å². The van der Waals surface area contributed by atoms with Crippen LogP contribution in [-0.2, 0) is 6.42 Å². The van der Waals surface area contributed by atoms with E-state index in [2.05, 4.69) is 42.6 Å². The number of nitrogens with one attached hydrogen (secondary N) is 1. The normalized spacial score (nSPS) is 12.6. The Labute approximate surface area is 98.7 Å². The molecule has 0 aromatic heterocycles. The van der Waals surface area contributed by atoms with Gasteiger partial charge in [0.15, 0.2) is 0 Å². The molecule has 0 saturated heterocycles. The number of benzene rings is 1. The van der Waals surface area contributed by atoms with Gasteiger partial charge in [-0.15, -0.1) is 0 Å². The molecule has 2 heteroatoms. The number of aryl methyl sites for hydroxylation is 1. The molecule has 90 valence electrons. The summed E-state index contributed by atoms with van der Waals surface area (Å²) in [5.74, 6) is 0. The number of hydrogen-bond acceptors (Lipinski definition) is 2. The van der Waals surface area contributed by atoms with Gasteiger partial charge in [0.05, 0.1) is 6.61 Å². The highest BCUT2D eigenvalue weighted by molar-refractivity contribution is 5.14. The van der Waals surface area contributed by atoms with Crippen molar-refractivity contribution in [1.82, 2.24) is 5.32 Å². The molecule has 0 radical (unpaired) electrons. The quantitative estimate of drug-likeness (QED) is 0.661. The van der Waals surface area contributed by atoms with Crippen LogP contribution >= 0.6 is 0 Å². The zero-order chi connectivity index (χ0) is 11.6. The largest absolute Gasteiger partial charge is 0.395 e. The first-order valence-electron chi connectivity index (χ1n) is 6.25. The molecule has 0 aliphatic rings. The minimum absolute atomic E-state index is 0.245. The third-order valence-corrected chi connectivity index (χ3v) is 2.88. The zero-order valence-corrected chi connectivity index (χ0v) is 10.2. The van der Waals surface area contributed by atoms with Crippen LogP contribution in [0.25, 0.3) is 0 Å². The highest BCUT2D eigenvalue weighted by Crippen LogP contribution is 2.04. The molecule has 1 rings (SSSR count). The highest BCUT2D eigenvalue weighted by atomic mass is 16.3. The van der Waals surface area contributed by atoms with Crippen LogP contribution in [0.5, 0.6) is 0 Å². The van der Waals surface area contributed by atoms with Gasteiger partial charge in [0.25, 0.3) is 0 Å². The topological polar surface area (TPSA) is 32.3 Å². The maximum absolute atomic E-state index is 9.00. The van der Waals surface area contributed by atoms with Gasteiger partial charge >= 0.3 is 0 Å². The van der Waals surface area contributed by atoms with Crippen molar-refractivity contribution in [3.05, 3.63) is 35.9 Å². The summed E-state index contributed by atoms with van der Waals surface area (Å²) in [6, 6.07) is 10.9. The Balaban J connectivity index is 2.04. The van der Waals surface area contributed by atoms with E-state index in [1.165, 1.54) is 18.4 Å². The van der Waals surface area contributed by atoms with E-state index in [1.54, 1.807) is 0 Å². The summed E-state index contributed by atoms with van der Waals surface area (Å²) in [6.45, 7) is 3.35. The summed E-state index contributed by atoms with van der Waals surface area (Å²) in [4.78, 5) is 0. The second-order valence-electron chi connectivity index (χ2n) is 4.18. The van der Waals surface area contributed by atoms with Gasteiger partial charge in [0.2, 0.25) is 0 Å².